The van der Waals surface area contributed by atoms with Crippen LogP contribution in [-0.4, -0.2) is 5.78 Å². The van der Waals surface area contributed by atoms with Crippen molar-refractivity contribution in [2.45, 2.75) is 104 Å². The molecule has 24 heavy (non-hydrogen) atoms. The van der Waals surface area contributed by atoms with Gasteiger partial charge in [-0.05, 0) is 62.2 Å². The van der Waals surface area contributed by atoms with Crippen molar-refractivity contribution in [3.8, 4) is 0 Å². The molecule has 0 amide bonds. The smallest absolute Gasteiger partial charge is 0.139 e. The molecular weight excluding hydrogens is 292 g/mol. The minimum atomic E-state index is 0.423. The summed E-state index contributed by atoms with van der Waals surface area (Å²) in [7, 11) is 0. The molecule has 0 atom stereocenters. The molecule has 0 bridgehead atoms. The van der Waals surface area contributed by atoms with E-state index < -0.39 is 0 Å². The first-order valence-corrected chi connectivity index (χ1v) is 11.2. The lowest BCUT2D eigenvalue weighted by Crippen LogP contribution is -2.30. The van der Waals surface area contributed by atoms with Gasteiger partial charge in [-0.15, -0.1) is 0 Å². The van der Waals surface area contributed by atoms with Gasteiger partial charge >= 0.3 is 0 Å². The minimum absolute atomic E-state index is 0.423. The number of rotatable bonds is 5. The van der Waals surface area contributed by atoms with Crippen molar-refractivity contribution in [1.29, 1.82) is 0 Å². The Labute approximate surface area is 150 Å². The van der Waals surface area contributed by atoms with Crippen molar-refractivity contribution in [1.82, 2.24) is 0 Å². The lowest BCUT2D eigenvalue weighted by atomic mass is 9.71. The third-order valence-electron chi connectivity index (χ3n) is 7.79. The van der Waals surface area contributed by atoms with Crippen LogP contribution in [-0.2, 0) is 4.79 Å². The zero-order chi connectivity index (χ0) is 16.9. The highest BCUT2D eigenvalue weighted by atomic mass is 16.1. The highest BCUT2D eigenvalue weighted by Crippen LogP contribution is 2.39. The van der Waals surface area contributed by atoms with E-state index in [1.165, 1.54) is 89.9 Å². The van der Waals surface area contributed by atoms with E-state index in [2.05, 4.69) is 13.8 Å². The van der Waals surface area contributed by atoms with Crippen LogP contribution in [0.4, 0.5) is 0 Å². The summed E-state index contributed by atoms with van der Waals surface area (Å²) in [5.41, 5.74) is 0. The number of ketones is 1. The topological polar surface area (TPSA) is 17.1 Å². The predicted molar refractivity (Wildman–Crippen MR) is 102 cm³/mol. The van der Waals surface area contributed by atoms with Crippen molar-refractivity contribution in [3.05, 3.63) is 0 Å². The zero-order valence-corrected chi connectivity index (χ0v) is 16.3. The van der Waals surface area contributed by atoms with E-state index in [-0.39, 0.29) is 0 Å². The van der Waals surface area contributed by atoms with Crippen molar-refractivity contribution in [3.63, 3.8) is 0 Å². The summed E-state index contributed by atoms with van der Waals surface area (Å²) in [4.78, 5) is 12.8. The summed E-state index contributed by atoms with van der Waals surface area (Å²) in [5, 5.41) is 0. The molecule has 0 N–H and O–H groups in total. The van der Waals surface area contributed by atoms with Crippen LogP contribution in [0.15, 0.2) is 0 Å². The van der Waals surface area contributed by atoms with Gasteiger partial charge in [0, 0.05) is 11.8 Å². The molecule has 0 aromatic rings. The average molecular weight is 333 g/mol. The fourth-order valence-electron chi connectivity index (χ4n) is 5.70. The largest absolute Gasteiger partial charge is 0.299 e. The maximum absolute atomic E-state index is 12.8. The Hall–Kier alpha value is -0.330. The van der Waals surface area contributed by atoms with Gasteiger partial charge in [0.2, 0.25) is 0 Å². The number of Topliss-reactive ketones (excluding diaryl/α,β-unsaturated/α-hetero) is 1. The van der Waals surface area contributed by atoms with E-state index in [0.717, 1.165) is 23.7 Å². The van der Waals surface area contributed by atoms with E-state index in [1.807, 2.05) is 0 Å². The summed E-state index contributed by atoms with van der Waals surface area (Å²) in [6.07, 6.45) is 18.8. The van der Waals surface area contributed by atoms with Gasteiger partial charge in [-0.3, -0.25) is 4.79 Å². The SMILES string of the molecule is CC1CCC(CCC2CCC(C(=O)C3CCC(C)CC3)CC2)CC1. The van der Waals surface area contributed by atoms with Gasteiger partial charge in [0.25, 0.3) is 0 Å². The van der Waals surface area contributed by atoms with Crippen LogP contribution in [0, 0.1) is 35.5 Å². The molecule has 1 heteroatoms. The van der Waals surface area contributed by atoms with Crippen molar-refractivity contribution in [2.75, 3.05) is 0 Å². The Morgan fingerprint density at radius 2 is 0.917 bits per heavy atom. The standard InChI is InChI=1S/C23H40O/c1-17-3-7-19(8-4-17)9-10-20-11-15-22(16-12-20)23(24)21-13-5-18(2)6-14-21/h17-22H,3-16H2,1-2H3. The molecule has 1 nitrogen and oxygen atoms in total. The van der Waals surface area contributed by atoms with Crippen LogP contribution in [0.2, 0.25) is 0 Å². The van der Waals surface area contributed by atoms with Gasteiger partial charge in [0.1, 0.15) is 5.78 Å². The van der Waals surface area contributed by atoms with Crippen LogP contribution in [0.3, 0.4) is 0 Å². The third-order valence-corrected chi connectivity index (χ3v) is 7.79. The van der Waals surface area contributed by atoms with Gasteiger partial charge in [-0.2, -0.15) is 0 Å². The molecule has 0 aromatic heterocycles. The second kappa shape index (κ2) is 8.86. The fraction of sp³-hybridized carbons (Fsp3) is 0.957. The molecular formula is C23H40O. The molecule has 0 aliphatic heterocycles. The molecule has 0 spiro atoms. The van der Waals surface area contributed by atoms with Gasteiger partial charge in [0.15, 0.2) is 0 Å². The maximum Gasteiger partial charge on any atom is 0.139 e. The van der Waals surface area contributed by atoms with Crippen molar-refractivity contribution >= 4 is 5.78 Å². The lowest BCUT2D eigenvalue weighted by molar-refractivity contribution is -0.129. The number of hydrogen-bond acceptors (Lipinski definition) is 1. The molecule has 3 fully saturated rings. The summed E-state index contributed by atoms with van der Waals surface area (Å²) in [6.45, 7) is 4.76. The molecule has 0 aromatic carbocycles. The predicted octanol–water partition coefficient (Wildman–Crippen LogP) is 6.79. The Morgan fingerprint density at radius 1 is 0.583 bits per heavy atom. The summed E-state index contributed by atoms with van der Waals surface area (Å²) in [6, 6.07) is 0. The first-order chi connectivity index (χ1) is 11.6. The second-order valence-electron chi connectivity index (χ2n) is 9.78. The molecule has 0 heterocycles. The highest BCUT2D eigenvalue weighted by Gasteiger charge is 2.32. The normalized spacial score (nSPS) is 41.1. The first kappa shape index (κ1) is 18.5. The molecule has 3 saturated carbocycles. The fourth-order valence-corrected chi connectivity index (χ4v) is 5.70. The Balaban J connectivity index is 1.34. The quantitative estimate of drug-likeness (QED) is 0.541. The van der Waals surface area contributed by atoms with Crippen molar-refractivity contribution in [2.24, 2.45) is 35.5 Å². The molecule has 3 aliphatic carbocycles. The van der Waals surface area contributed by atoms with E-state index >= 15 is 0 Å². The van der Waals surface area contributed by atoms with Crippen LogP contribution >= 0.6 is 0 Å². The lowest BCUT2D eigenvalue weighted by Gasteiger charge is -2.33. The van der Waals surface area contributed by atoms with E-state index in [0.29, 0.717) is 17.6 Å². The van der Waals surface area contributed by atoms with E-state index in [1.54, 1.807) is 0 Å². The maximum atomic E-state index is 12.8. The van der Waals surface area contributed by atoms with Crippen LogP contribution < -0.4 is 0 Å². The minimum Gasteiger partial charge on any atom is -0.299 e. The summed E-state index contributed by atoms with van der Waals surface area (Å²) >= 11 is 0. The van der Waals surface area contributed by atoms with E-state index in [4.69, 9.17) is 0 Å². The Kier molecular flexibility index (Phi) is 6.81. The van der Waals surface area contributed by atoms with Crippen LogP contribution in [0.25, 0.3) is 0 Å². The van der Waals surface area contributed by atoms with Gasteiger partial charge in [-0.1, -0.05) is 65.2 Å². The van der Waals surface area contributed by atoms with Gasteiger partial charge in [0.05, 0.1) is 0 Å². The first-order valence-electron chi connectivity index (χ1n) is 11.2. The third kappa shape index (κ3) is 5.09. The average Bonchev–Trinajstić information content (AvgIpc) is 2.62. The van der Waals surface area contributed by atoms with Gasteiger partial charge < -0.3 is 0 Å². The molecule has 3 aliphatic rings. The van der Waals surface area contributed by atoms with Crippen LogP contribution in [0.5, 0.6) is 0 Å². The summed E-state index contributed by atoms with van der Waals surface area (Å²) in [5.74, 6) is 5.28. The van der Waals surface area contributed by atoms with Crippen LogP contribution in [0.1, 0.15) is 104 Å². The van der Waals surface area contributed by atoms with Gasteiger partial charge in [-0.25, -0.2) is 0 Å². The Bertz CT molecular complexity index is 377. The van der Waals surface area contributed by atoms with Crippen molar-refractivity contribution < 1.29 is 4.79 Å². The second-order valence-corrected chi connectivity index (χ2v) is 9.78. The molecule has 3 rings (SSSR count). The number of carbonyl (C=O) groups is 1. The molecule has 138 valence electrons. The molecule has 0 unspecified atom stereocenters. The highest BCUT2D eigenvalue weighted by molar-refractivity contribution is 5.83. The van der Waals surface area contributed by atoms with E-state index in [9.17, 15) is 4.79 Å². The molecule has 0 saturated heterocycles. The number of hydrogen-bond donors (Lipinski definition) is 0. The monoisotopic (exact) mass is 332 g/mol. The number of carbonyl (C=O) groups excluding carboxylic acids is 1. The summed E-state index contributed by atoms with van der Waals surface area (Å²) < 4.78 is 0. The Morgan fingerprint density at radius 3 is 1.38 bits per heavy atom. The molecule has 0 radical (unpaired) electrons. The zero-order valence-electron chi connectivity index (χ0n) is 16.3.